The minimum Gasteiger partial charge on any atom is -0.371 e. The summed E-state index contributed by atoms with van der Waals surface area (Å²) in [5.41, 5.74) is 2.65. The van der Waals surface area contributed by atoms with Gasteiger partial charge in [0.15, 0.2) is 0 Å². The van der Waals surface area contributed by atoms with Gasteiger partial charge in [0.25, 0.3) is 11.6 Å². The SMILES string of the molecule is O=C(NCCc1nc(-c2ccccn2)cs1)c1cc([N+](=O)[O-])ccc1N1CCCC1. The number of amides is 1. The Morgan fingerprint density at radius 1 is 1.20 bits per heavy atom. The third kappa shape index (κ3) is 4.46. The fourth-order valence-corrected chi connectivity index (χ4v) is 4.28. The Kier molecular flexibility index (Phi) is 5.99. The van der Waals surface area contributed by atoms with Crippen LogP contribution in [-0.2, 0) is 6.42 Å². The van der Waals surface area contributed by atoms with Gasteiger partial charge in [-0.1, -0.05) is 6.07 Å². The van der Waals surface area contributed by atoms with Crippen molar-refractivity contribution in [3.05, 3.63) is 68.7 Å². The Labute approximate surface area is 177 Å². The lowest BCUT2D eigenvalue weighted by atomic mass is 10.1. The molecule has 1 N–H and O–H groups in total. The summed E-state index contributed by atoms with van der Waals surface area (Å²) < 4.78 is 0. The Bertz CT molecular complexity index is 1050. The number of carbonyl (C=O) groups is 1. The zero-order chi connectivity index (χ0) is 20.9. The molecule has 0 spiro atoms. The molecule has 0 aliphatic carbocycles. The quantitative estimate of drug-likeness (QED) is 0.459. The van der Waals surface area contributed by atoms with E-state index >= 15 is 0 Å². The van der Waals surface area contributed by atoms with E-state index in [0.717, 1.165) is 48.0 Å². The van der Waals surface area contributed by atoms with Crippen molar-refractivity contribution in [1.82, 2.24) is 15.3 Å². The highest BCUT2D eigenvalue weighted by Crippen LogP contribution is 2.28. The van der Waals surface area contributed by atoms with E-state index < -0.39 is 4.92 Å². The number of thiazole rings is 1. The van der Waals surface area contributed by atoms with Crippen LogP contribution in [0.4, 0.5) is 11.4 Å². The van der Waals surface area contributed by atoms with Crippen LogP contribution in [-0.4, -0.2) is 40.4 Å². The van der Waals surface area contributed by atoms with Gasteiger partial charge in [0.1, 0.15) is 0 Å². The Balaban J connectivity index is 1.43. The van der Waals surface area contributed by atoms with Crippen LogP contribution >= 0.6 is 11.3 Å². The number of carbonyl (C=O) groups excluding carboxylic acids is 1. The number of nitrogens with zero attached hydrogens (tertiary/aromatic N) is 4. The number of hydrogen-bond donors (Lipinski definition) is 1. The van der Waals surface area contributed by atoms with Gasteiger partial charge in [-0.15, -0.1) is 11.3 Å². The highest BCUT2D eigenvalue weighted by molar-refractivity contribution is 7.09. The van der Waals surface area contributed by atoms with E-state index in [0.29, 0.717) is 18.5 Å². The van der Waals surface area contributed by atoms with Crippen LogP contribution in [0.1, 0.15) is 28.2 Å². The highest BCUT2D eigenvalue weighted by atomic mass is 32.1. The first kappa shape index (κ1) is 20.0. The largest absolute Gasteiger partial charge is 0.371 e. The minimum atomic E-state index is -0.473. The first-order valence-corrected chi connectivity index (χ1v) is 10.7. The standard InChI is InChI=1S/C21H21N5O3S/c27-21(16-13-15(26(28)29)6-7-19(16)25-11-3-4-12-25)23-10-8-20-24-18(14-30-20)17-5-1-2-9-22-17/h1-2,5-7,9,13-14H,3-4,8,10-12H2,(H,23,27). The number of rotatable bonds is 7. The second-order valence-corrected chi connectivity index (χ2v) is 7.94. The number of nitro groups is 1. The van der Waals surface area contributed by atoms with Crippen molar-refractivity contribution in [2.75, 3.05) is 24.5 Å². The number of hydrogen-bond acceptors (Lipinski definition) is 7. The summed E-state index contributed by atoms with van der Waals surface area (Å²) >= 11 is 1.52. The molecule has 9 heteroatoms. The zero-order valence-corrected chi connectivity index (χ0v) is 17.1. The maximum atomic E-state index is 12.8. The molecule has 3 heterocycles. The molecule has 0 radical (unpaired) electrons. The lowest BCUT2D eigenvalue weighted by molar-refractivity contribution is -0.384. The normalized spacial score (nSPS) is 13.4. The van der Waals surface area contributed by atoms with Crippen molar-refractivity contribution >= 4 is 28.6 Å². The van der Waals surface area contributed by atoms with Crippen molar-refractivity contribution in [3.63, 3.8) is 0 Å². The molecule has 3 aromatic rings. The first-order valence-electron chi connectivity index (χ1n) is 9.79. The van der Waals surface area contributed by atoms with Gasteiger partial charge < -0.3 is 10.2 Å². The summed E-state index contributed by atoms with van der Waals surface area (Å²) in [5.74, 6) is -0.304. The second-order valence-electron chi connectivity index (χ2n) is 7.00. The van der Waals surface area contributed by atoms with E-state index in [9.17, 15) is 14.9 Å². The molecular weight excluding hydrogens is 402 g/mol. The average molecular weight is 423 g/mol. The summed E-state index contributed by atoms with van der Waals surface area (Å²) in [4.78, 5) is 34.5. The van der Waals surface area contributed by atoms with Gasteiger partial charge in [-0.3, -0.25) is 19.9 Å². The lowest BCUT2D eigenvalue weighted by Gasteiger charge is -2.20. The average Bonchev–Trinajstić information content (AvgIpc) is 3.46. The number of nitrogens with one attached hydrogen (secondary N) is 1. The maximum Gasteiger partial charge on any atom is 0.270 e. The molecule has 1 fully saturated rings. The van der Waals surface area contributed by atoms with E-state index in [1.165, 1.54) is 23.5 Å². The van der Waals surface area contributed by atoms with Crippen LogP contribution in [0.5, 0.6) is 0 Å². The van der Waals surface area contributed by atoms with Gasteiger partial charge in [0, 0.05) is 49.8 Å². The molecule has 0 atom stereocenters. The zero-order valence-electron chi connectivity index (χ0n) is 16.3. The minimum absolute atomic E-state index is 0.0805. The van der Waals surface area contributed by atoms with Gasteiger partial charge in [0.2, 0.25) is 0 Å². The third-order valence-corrected chi connectivity index (χ3v) is 5.89. The van der Waals surface area contributed by atoms with Crippen LogP contribution < -0.4 is 10.2 Å². The molecular formula is C21H21N5O3S. The van der Waals surface area contributed by atoms with Crippen LogP contribution in [0.3, 0.4) is 0 Å². The topological polar surface area (TPSA) is 101 Å². The van der Waals surface area contributed by atoms with Crippen molar-refractivity contribution in [2.45, 2.75) is 19.3 Å². The third-order valence-electron chi connectivity index (χ3n) is 4.99. The summed E-state index contributed by atoms with van der Waals surface area (Å²) in [6.07, 6.45) is 4.42. The van der Waals surface area contributed by atoms with Gasteiger partial charge in [-0.25, -0.2) is 4.98 Å². The van der Waals surface area contributed by atoms with Crippen molar-refractivity contribution in [1.29, 1.82) is 0 Å². The number of aromatic nitrogens is 2. The predicted molar refractivity (Wildman–Crippen MR) is 116 cm³/mol. The van der Waals surface area contributed by atoms with Crippen LogP contribution in [0, 0.1) is 10.1 Å². The molecule has 1 aliphatic heterocycles. The van der Waals surface area contributed by atoms with Crippen LogP contribution in [0.25, 0.3) is 11.4 Å². The predicted octanol–water partition coefficient (Wildman–Crippen LogP) is 3.69. The van der Waals surface area contributed by atoms with Gasteiger partial charge in [-0.05, 0) is 31.0 Å². The number of benzene rings is 1. The van der Waals surface area contributed by atoms with E-state index in [4.69, 9.17) is 0 Å². The maximum absolute atomic E-state index is 12.8. The fraction of sp³-hybridized carbons (Fsp3) is 0.286. The molecule has 1 aromatic carbocycles. The Morgan fingerprint density at radius 2 is 2.03 bits per heavy atom. The van der Waals surface area contributed by atoms with E-state index in [-0.39, 0.29) is 11.6 Å². The first-order chi connectivity index (χ1) is 14.6. The molecule has 2 aromatic heterocycles. The molecule has 0 unspecified atom stereocenters. The molecule has 0 saturated carbocycles. The summed E-state index contributed by atoms with van der Waals surface area (Å²) in [5, 5.41) is 16.9. The number of non-ortho nitro benzene ring substituents is 1. The van der Waals surface area contributed by atoms with E-state index in [1.807, 2.05) is 23.6 Å². The summed E-state index contributed by atoms with van der Waals surface area (Å²) in [6.45, 7) is 2.11. The second kappa shape index (κ2) is 9.00. The molecule has 1 saturated heterocycles. The number of anilines is 1. The molecule has 1 amide bonds. The summed E-state index contributed by atoms with van der Waals surface area (Å²) in [7, 11) is 0. The summed E-state index contributed by atoms with van der Waals surface area (Å²) in [6, 6.07) is 10.2. The number of pyridine rings is 1. The van der Waals surface area contributed by atoms with Gasteiger partial charge in [0.05, 0.1) is 32.6 Å². The monoisotopic (exact) mass is 423 g/mol. The van der Waals surface area contributed by atoms with Crippen LogP contribution in [0.2, 0.25) is 0 Å². The molecule has 8 nitrogen and oxygen atoms in total. The van der Waals surface area contributed by atoms with Crippen molar-refractivity contribution in [2.24, 2.45) is 0 Å². The molecule has 1 aliphatic rings. The highest BCUT2D eigenvalue weighted by Gasteiger charge is 2.22. The Morgan fingerprint density at radius 3 is 2.77 bits per heavy atom. The molecule has 154 valence electrons. The molecule has 0 bridgehead atoms. The van der Waals surface area contributed by atoms with E-state index in [2.05, 4.69) is 20.2 Å². The lowest BCUT2D eigenvalue weighted by Crippen LogP contribution is -2.29. The Hall–Kier alpha value is -3.33. The van der Waals surface area contributed by atoms with Crippen molar-refractivity contribution < 1.29 is 9.72 Å². The van der Waals surface area contributed by atoms with Gasteiger partial charge in [-0.2, -0.15) is 0 Å². The fourth-order valence-electron chi connectivity index (χ4n) is 3.49. The van der Waals surface area contributed by atoms with Crippen LogP contribution in [0.15, 0.2) is 48.0 Å². The molecule has 30 heavy (non-hydrogen) atoms. The number of nitro benzene ring substituents is 1. The van der Waals surface area contributed by atoms with Gasteiger partial charge >= 0.3 is 0 Å². The molecule has 4 rings (SSSR count). The smallest absolute Gasteiger partial charge is 0.270 e. The van der Waals surface area contributed by atoms with E-state index in [1.54, 1.807) is 12.3 Å². The van der Waals surface area contributed by atoms with Crippen molar-refractivity contribution in [3.8, 4) is 11.4 Å².